The third-order valence-electron chi connectivity index (χ3n) is 4.75. The van der Waals surface area contributed by atoms with E-state index in [9.17, 15) is 13.2 Å². The number of carbonyl (C=O) groups excluding carboxylic acids is 1. The van der Waals surface area contributed by atoms with E-state index in [4.69, 9.17) is 16.3 Å². The van der Waals surface area contributed by atoms with Gasteiger partial charge in [-0.1, -0.05) is 63.6 Å². The van der Waals surface area contributed by atoms with Gasteiger partial charge >= 0.3 is 0 Å². The van der Waals surface area contributed by atoms with Crippen molar-refractivity contribution in [2.24, 2.45) is 0 Å². The zero-order chi connectivity index (χ0) is 23.2. The zero-order valence-electron chi connectivity index (χ0n) is 18.7. The summed E-state index contributed by atoms with van der Waals surface area (Å²) in [6, 6.07) is 13.4. The van der Waals surface area contributed by atoms with Crippen LogP contribution in [-0.4, -0.2) is 39.8 Å². The number of ether oxygens (including phenoxy) is 1. The molecule has 0 radical (unpaired) electrons. The fourth-order valence-electron chi connectivity index (χ4n) is 3.34. The monoisotopic (exact) mass is 466 g/mol. The second-order valence-electron chi connectivity index (χ2n) is 8.35. The molecule has 0 aliphatic rings. The first-order chi connectivity index (χ1) is 14.4. The Morgan fingerprint density at radius 2 is 1.84 bits per heavy atom. The molecule has 0 heterocycles. The molecule has 0 fully saturated rings. The summed E-state index contributed by atoms with van der Waals surface area (Å²) < 4.78 is 32.0. The van der Waals surface area contributed by atoms with E-state index in [0.717, 1.165) is 21.9 Å². The second kappa shape index (κ2) is 10.4. The molecule has 170 valence electrons. The van der Waals surface area contributed by atoms with Crippen molar-refractivity contribution in [2.45, 2.75) is 45.6 Å². The number of rotatable bonds is 9. The van der Waals surface area contributed by atoms with Crippen LogP contribution in [0.3, 0.4) is 0 Å². The van der Waals surface area contributed by atoms with E-state index in [1.54, 1.807) is 25.1 Å². The summed E-state index contributed by atoms with van der Waals surface area (Å²) in [6.45, 7) is 8.62. The van der Waals surface area contributed by atoms with Crippen molar-refractivity contribution in [1.82, 2.24) is 5.32 Å². The smallest absolute Gasteiger partial charge is 0.244 e. The van der Waals surface area contributed by atoms with Crippen LogP contribution in [0.2, 0.25) is 5.02 Å². The summed E-state index contributed by atoms with van der Waals surface area (Å²) >= 11 is 6.03. The molecule has 1 amide bonds. The van der Waals surface area contributed by atoms with Gasteiger partial charge in [-0.05, 0) is 41.7 Å². The molecule has 2 rings (SSSR count). The van der Waals surface area contributed by atoms with Gasteiger partial charge in [0.2, 0.25) is 15.9 Å². The van der Waals surface area contributed by atoms with Crippen molar-refractivity contribution >= 4 is 33.2 Å². The van der Waals surface area contributed by atoms with Gasteiger partial charge in [-0.25, -0.2) is 8.42 Å². The lowest BCUT2D eigenvalue weighted by Crippen LogP contribution is -2.50. The molecule has 0 aliphatic carbocycles. The van der Waals surface area contributed by atoms with Crippen molar-refractivity contribution in [3.8, 4) is 5.75 Å². The molecule has 0 unspecified atom stereocenters. The normalized spacial score (nSPS) is 12.8. The van der Waals surface area contributed by atoms with Crippen LogP contribution in [0, 0.1) is 0 Å². The maximum Gasteiger partial charge on any atom is 0.244 e. The standard InChI is InChI=1S/C23H31ClN2O4S/c1-6-20(26(31(5,28)29)18-11-9-10-17(24)16-18)22(27)25-14-15-30-21-13-8-7-12-19(21)23(2,3)4/h7-13,16,20H,6,14-15H2,1-5H3,(H,25,27)/t20-/m0/s1. The Balaban J connectivity index is 2.08. The number of amides is 1. The third kappa shape index (κ3) is 6.87. The molecule has 0 spiro atoms. The predicted molar refractivity (Wildman–Crippen MR) is 127 cm³/mol. The number of halogens is 1. The molecule has 0 saturated carbocycles. The van der Waals surface area contributed by atoms with Gasteiger partial charge in [-0.15, -0.1) is 0 Å². The van der Waals surface area contributed by atoms with Gasteiger partial charge in [0.05, 0.1) is 18.5 Å². The molecule has 2 aromatic rings. The SMILES string of the molecule is CC[C@@H](C(=O)NCCOc1ccccc1C(C)(C)C)N(c1cccc(Cl)c1)S(C)(=O)=O. The molecule has 31 heavy (non-hydrogen) atoms. The molecule has 1 N–H and O–H groups in total. The van der Waals surface area contributed by atoms with E-state index < -0.39 is 16.1 Å². The highest BCUT2D eigenvalue weighted by Crippen LogP contribution is 2.31. The lowest BCUT2D eigenvalue weighted by atomic mass is 9.86. The van der Waals surface area contributed by atoms with Crippen LogP contribution in [0.1, 0.15) is 39.7 Å². The Bertz CT molecular complexity index is 1000. The second-order valence-corrected chi connectivity index (χ2v) is 10.6. The number of anilines is 1. The molecular formula is C23H31ClN2O4S. The average Bonchev–Trinajstić information content (AvgIpc) is 2.67. The molecule has 8 heteroatoms. The van der Waals surface area contributed by atoms with Crippen LogP contribution in [0.4, 0.5) is 5.69 Å². The number of hydrogen-bond acceptors (Lipinski definition) is 4. The van der Waals surface area contributed by atoms with Crippen molar-refractivity contribution in [2.75, 3.05) is 23.7 Å². The highest BCUT2D eigenvalue weighted by molar-refractivity contribution is 7.92. The Hall–Kier alpha value is -2.25. The summed E-state index contributed by atoms with van der Waals surface area (Å²) in [5, 5.41) is 3.19. The van der Waals surface area contributed by atoms with E-state index >= 15 is 0 Å². The number of hydrogen-bond donors (Lipinski definition) is 1. The number of carbonyl (C=O) groups is 1. The lowest BCUT2D eigenvalue weighted by molar-refractivity contribution is -0.122. The Labute approximate surface area is 190 Å². The van der Waals surface area contributed by atoms with Gasteiger partial charge in [0.25, 0.3) is 0 Å². The van der Waals surface area contributed by atoms with Gasteiger partial charge in [-0.2, -0.15) is 0 Å². The van der Waals surface area contributed by atoms with Crippen LogP contribution >= 0.6 is 11.6 Å². The van der Waals surface area contributed by atoms with Gasteiger partial charge < -0.3 is 10.1 Å². The minimum absolute atomic E-state index is 0.0694. The quantitative estimate of drug-likeness (QED) is 0.556. The molecule has 0 bridgehead atoms. The minimum Gasteiger partial charge on any atom is -0.491 e. The van der Waals surface area contributed by atoms with E-state index in [1.165, 1.54) is 6.07 Å². The highest BCUT2D eigenvalue weighted by atomic mass is 35.5. The van der Waals surface area contributed by atoms with Crippen LogP contribution in [0.15, 0.2) is 48.5 Å². The number of nitrogens with one attached hydrogen (secondary N) is 1. The summed E-state index contributed by atoms with van der Waals surface area (Å²) in [4.78, 5) is 12.9. The number of sulfonamides is 1. The van der Waals surface area contributed by atoms with Gasteiger partial charge in [0, 0.05) is 5.02 Å². The average molecular weight is 467 g/mol. The predicted octanol–water partition coefficient (Wildman–Crippen LogP) is 4.38. The van der Waals surface area contributed by atoms with Crippen molar-refractivity contribution in [1.29, 1.82) is 0 Å². The number of para-hydroxylation sites is 1. The highest BCUT2D eigenvalue weighted by Gasteiger charge is 2.31. The molecule has 1 atom stereocenters. The fraction of sp³-hybridized carbons (Fsp3) is 0.435. The molecule has 0 aliphatic heterocycles. The van der Waals surface area contributed by atoms with Crippen molar-refractivity contribution < 1.29 is 17.9 Å². The Morgan fingerprint density at radius 1 is 1.16 bits per heavy atom. The fourth-order valence-corrected chi connectivity index (χ4v) is 4.73. The van der Waals surface area contributed by atoms with E-state index in [0.29, 0.717) is 17.1 Å². The van der Waals surface area contributed by atoms with E-state index in [1.807, 2.05) is 24.3 Å². The zero-order valence-corrected chi connectivity index (χ0v) is 20.3. The van der Waals surface area contributed by atoms with Crippen LogP contribution in [0.25, 0.3) is 0 Å². The van der Waals surface area contributed by atoms with Crippen LogP contribution in [-0.2, 0) is 20.2 Å². The Morgan fingerprint density at radius 3 is 2.42 bits per heavy atom. The first kappa shape index (κ1) is 25.0. The summed E-state index contributed by atoms with van der Waals surface area (Å²) in [5.41, 5.74) is 1.37. The lowest BCUT2D eigenvalue weighted by Gasteiger charge is -2.30. The van der Waals surface area contributed by atoms with E-state index in [2.05, 4.69) is 26.1 Å². The first-order valence-electron chi connectivity index (χ1n) is 10.2. The third-order valence-corrected chi connectivity index (χ3v) is 6.16. The minimum atomic E-state index is -3.70. The van der Waals surface area contributed by atoms with Crippen molar-refractivity contribution in [3.05, 3.63) is 59.1 Å². The topological polar surface area (TPSA) is 75.7 Å². The van der Waals surface area contributed by atoms with Gasteiger partial charge in [0.1, 0.15) is 18.4 Å². The molecule has 0 saturated heterocycles. The van der Waals surface area contributed by atoms with Gasteiger partial charge in [-0.3, -0.25) is 9.10 Å². The van der Waals surface area contributed by atoms with Crippen molar-refractivity contribution in [3.63, 3.8) is 0 Å². The molecular weight excluding hydrogens is 436 g/mol. The molecule has 0 aromatic heterocycles. The largest absolute Gasteiger partial charge is 0.491 e. The summed E-state index contributed by atoms with van der Waals surface area (Å²) in [7, 11) is -3.70. The Kier molecular flexibility index (Phi) is 8.37. The maximum atomic E-state index is 12.9. The van der Waals surface area contributed by atoms with Crippen LogP contribution in [0.5, 0.6) is 5.75 Å². The van der Waals surface area contributed by atoms with Gasteiger partial charge in [0.15, 0.2) is 0 Å². The number of nitrogens with zero attached hydrogens (tertiary/aromatic N) is 1. The molecule has 2 aromatic carbocycles. The number of benzene rings is 2. The first-order valence-corrected chi connectivity index (χ1v) is 12.4. The summed E-state index contributed by atoms with van der Waals surface area (Å²) in [6.07, 6.45) is 1.38. The maximum absolute atomic E-state index is 12.9. The van der Waals surface area contributed by atoms with Crippen LogP contribution < -0.4 is 14.4 Å². The molecule has 6 nitrogen and oxygen atoms in total. The summed E-state index contributed by atoms with van der Waals surface area (Å²) in [5.74, 6) is 0.383. The van der Waals surface area contributed by atoms with E-state index in [-0.39, 0.29) is 24.5 Å².